The molecule has 1 aliphatic rings. The fraction of sp³-hybridized carbons (Fsp3) is 0.682. The van der Waals surface area contributed by atoms with Gasteiger partial charge in [0.25, 0.3) is 0 Å². The summed E-state index contributed by atoms with van der Waals surface area (Å²) in [5.74, 6) is -3.49. The topological polar surface area (TPSA) is 147 Å². The van der Waals surface area contributed by atoms with Crippen LogP contribution < -0.4 is 5.32 Å². The number of methoxy groups -OCH3 is 1. The van der Waals surface area contributed by atoms with Crippen molar-refractivity contribution in [2.45, 2.75) is 71.9 Å². The van der Waals surface area contributed by atoms with Crippen LogP contribution in [-0.4, -0.2) is 91.9 Å². The third kappa shape index (κ3) is 8.32. The Morgan fingerprint density at radius 3 is 2.03 bits per heavy atom. The summed E-state index contributed by atoms with van der Waals surface area (Å²) in [6.07, 6.45) is -2.34. The molecule has 0 fully saturated rings. The molecule has 0 aromatic carbocycles. The van der Waals surface area contributed by atoms with Gasteiger partial charge in [-0.15, -0.1) is 0 Å². The van der Waals surface area contributed by atoms with Crippen LogP contribution in [0.3, 0.4) is 0 Å². The van der Waals surface area contributed by atoms with Gasteiger partial charge in [-0.3, -0.25) is 24.1 Å². The number of rotatable bonds is 11. The largest absolute Gasteiger partial charge is 0.477 e. The standard InChI is InChI=1S/C22H34N2O10/c1-8-24(9-2)16-10-17(22(29)30-7)34-21(19(16)23-12(3)25)20(33-15(6)28)18(32-14(5)27)11-31-13(4)26/h10,16,18-21H,8-9,11H2,1-7H3,(H,23,25)/t16-,18-,19-,20-,21-/m1/s1. The van der Waals surface area contributed by atoms with Crippen molar-refractivity contribution in [2.24, 2.45) is 0 Å². The minimum absolute atomic E-state index is 0.169. The number of likely N-dealkylation sites (N-methyl/N-ethyl adjacent to an activating group) is 1. The molecule has 0 bridgehead atoms. The summed E-state index contributed by atoms with van der Waals surface area (Å²) in [6, 6.07) is -1.41. The lowest BCUT2D eigenvalue weighted by atomic mass is 9.90. The van der Waals surface area contributed by atoms with Gasteiger partial charge in [-0.2, -0.15) is 0 Å². The zero-order valence-corrected chi connectivity index (χ0v) is 20.6. The van der Waals surface area contributed by atoms with Gasteiger partial charge in [-0.05, 0) is 19.2 Å². The summed E-state index contributed by atoms with van der Waals surface area (Å²) in [7, 11) is 1.18. The molecule has 0 saturated heterocycles. The third-order valence-electron chi connectivity index (χ3n) is 5.06. The monoisotopic (exact) mass is 486 g/mol. The SMILES string of the molecule is CCN(CC)[C@@H]1C=C(C(=O)OC)O[C@@H]([C@H](OC(C)=O)[C@@H](COC(C)=O)OC(C)=O)[C@@H]1NC(C)=O. The molecule has 12 heteroatoms. The highest BCUT2D eigenvalue weighted by Crippen LogP contribution is 2.29. The molecule has 34 heavy (non-hydrogen) atoms. The Morgan fingerprint density at radius 1 is 1.00 bits per heavy atom. The number of carbonyl (C=O) groups is 5. The summed E-state index contributed by atoms with van der Waals surface area (Å²) < 4.78 is 26.5. The van der Waals surface area contributed by atoms with Crippen molar-refractivity contribution < 1.29 is 47.7 Å². The highest BCUT2D eigenvalue weighted by Gasteiger charge is 2.48. The quantitative estimate of drug-likeness (QED) is 0.313. The van der Waals surface area contributed by atoms with Gasteiger partial charge in [0.1, 0.15) is 6.61 Å². The maximum absolute atomic E-state index is 12.4. The van der Waals surface area contributed by atoms with Gasteiger partial charge in [0.2, 0.25) is 11.7 Å². The summed E-state index contributed by atoms with van der Waals surface area (Å²) >= 11 is 0. The van der Waals surface area contributed by atoms with Crippen molar-refractivity contribution >= 4 is 29.8 Å². The molecule has 0 spiro atoms. The summed E-state index contributed by atoms with van der Waals surface area (Å²) in [5, 5.41) is 2.79. The summed E-state index contributed by atoms with van der Waals surface area (Å²) in [4.78, 5) is 61.7. The lowest BCUT2D eigenvalue weighted by molar-refractivity contribution is -0.189. The Morgan fingerprint density at radius 2 is 1.59 bits per heavy atom. The van der Waals surface area contributed by atoms with Crippen LogP contribution in [0.1, 0.15) is 41.5 Å². The van der Waals surface area contributed by atoms with Crippen LogP contribution in [0.25, 0.3) is 0 Å². The molecule has 0 aromatic heterocycles. The van der Waals surface area contributed by atoms with E-state index in [1.807, 2.05) is 18.7 Å². The first kappa shape index (κ1) is 28.9. The molecule has 0 radical (unpaired) electrons. The molecule has 12 nitrogen and oxygen atoms in total. The van der Waals surface area contributed by atoms with Gasteiger partial charge in [0.15, 0.2) is 18.3 Å². The Balaban J connectivity index is 3.66. The molecule has 0 saturated carbocycles. The second-order valence-electron chi connectivity index (χ2n) is 7.57. The van der Waals surface area contributed by atoms with Crippen molar-refractivity contribution in [3.63, 3.8) is 0 Å². The van der Waals surface area contributed by atoms with Gasteiger partial charge in [-0.25, -0.2) is 4.79 Å². The van der Waals surface area contributed by atoms with Crippen molar-refractivity contribution in [2.75, 3.05) is 26.8 Å². The van der Waals surface area contributed by atoms with Crippen LogP contribution in [0, 0.1) is 0 Å². The van der Waals surface area contributed by atoms with Gasteiger partial charge < -0.3 is 29.0 Å². The smallest absolute Gasteiger partial charge is 0.373 e. The maximum Gasteiger partial charge on any atom is 0.373 e. The lowest BCUT2D eigenvalue weighted by Gasteiger charge is -2.44. The van der Waals surface area contributed by atoms with Crippen LogP contribution in [-0.2, 0) is 47.7 Å². The van der Waals surface area contributed by atoms with E-state index >= 15 is 0 Å². The molecule has 0 unspecified atom stereocenters. The van der Waals surface area contributed by atoms with E-state index in [0.29, 0.717) is 13.1 Å². The third-order valence-corrected chi connectivity index (χ3v) is 5.06. The van der Waals surface area contributed by atoms with E-state index in [2.05, 4.69) is 5.32 Å². The number of nitrogens with zero attached hydrogens (tertiary/aromatic N) is 1. The molecular formula is C22H34N2O10. The van der Waals surface area contributed by atoms with Crippen molar-refractivity contribution in [3.05, 3.63) is 11.8 Å². The van der Waals surface area contributed by atoms with Crippen LogP contribution in [0.4, 0.5) is 0 Å². The van der Waals surface area contributed by atoms with E-state index in [1.165, 1.54) is 20.1 Å². The summed E-state index contributed by atoms with van der Waals surface area (Å²) in [5.41, 5.74) is 0. The molecular weight excluding hydrogens is 452 g/mol. The minimum atomic E-state index is -1.36. The Bertz CT molecular complexity index is 793. The van der Waals surface area contributed by atoms with E-state index in [-0.39, 0.29) is 5.76 Å². The average molecular weight is 487 g/mol. The Labute approximate surface area is 198 Å². The molecule has 1 amide bonds. The molecule has 1 aliphatic heterocycles. The lowest BCUT2D eigenvalue weighted by Crippen LogP contribution is -2.64. The highest BCUT2D eigenvalue weighted by atomic mass is 16.6. The van der Waals surface area contributed by atoms with Crippen molar-refractivity contribution in [1.82, 2.24) is 10.2 Å². The molecule has 1 N–H and O–H groups in total. The number of hydrogen-bond acceptors (Lipinski definition) is 11. The second-order valence-corrected chi connectivity index (χ2v) is 7.57. The fourth-order valence-electron chi connectivity index (χ4n) is 3.74. The van der Waals surface area contributed by atoms with Gasteiger partial charge >= 0.3 is 23.9 Å². The first-order valence-electron chi connectivity index (χ1n) is 10.9. The number of hydrogen-bond donors (Lipinski definition) is 1. The van der Waals surface area contributed by atoms with E-state index < -0.39 is 66.8 Å². The van der Waals surface area contributed by atoms with Crippen LogP contribution in [0.15, 0.2) is 11.8 Å². The number of esters is 4. The minimum Gasteiger partial charge on any atom is -0.477 e. The molecule has 0 aromatic rings. The molecule has 1 heterocycles. The van der Waals surface area contributed by atoms with Crippen molar-refractivity contribution in [3.8, 4) is 0 Å². The Kier molecular flexibility index (Phi) is 11.5. The predicted octanol–water partition coefficient (Wildman–Crippen LogP) is 0.0837. The average Bonchev–Trinajstić information content (AvgIpc) is 2.75. The number of nitrogens with one attached hydrogen (secondary N) is 1. The van der Waals surface area contributed by atoms with Crippen LogP contribution >= 0.6 is 0 Å². The normalized spacial score (nSPS) is 21.3. The molecule has 1 rings (SSSR count). The number of amides is 1. The fourth-order valence-corrected chi connectivity index (χ4v) is 3.74. The zero-order chi connectivity index (χ0) is 26.0. The number of carbonyl (C=O) groups excluding carboxylic acids is 5. The van der Waals surface area contributed by atoms with Crippen molar-refractivity contribution in [1.29, 1.82) is 0 Å². The Hall–Kier alpha value is -3.15. The maximum atomic E-state index is 12.4. The van der Waals surface area contributed by atoms with Crippen LogP contribution in [0.5, 0.6) is 0 Å². The molecule has 192 valence electrons. The predicted molar refractivity (Wildman–Crippen MR) is 117 cm³/mol. The van der Waals surface area contributed by atoms with Gasteiger partial charge in [-0.1, -0.05) is 13.8 Å². The van der Waals surface area contributed by atoms with E-state index in [1.54, 1.807) is 0 Å². The van der Waals surface area contributed by atoms with Gasteiger partial charge in [0.05, 0.1) is 19.2 Å². The molecule has 0 aliphatic carbocycles. The van der Waals surface area contributed by atoms with Gasteiger partial charge in [0, 0.05) is 27.7 Å². The first-order chi connectivity index (χ1) is 15.9. The summed E-state index contributed by atoms with van der Waals surface area (Å²) in [6.45, 7) is 9.19. The van der Waals surface area contributed by atoms with E-state index in [4.69, 9.17) is 23.7 Å². The van der Waals surface area contributed by atoms with E-state index in [9.17, 15) is 24.0 Å². The second kappa shape index (κ2) is 13.5. The van der Waals surface area contributed by atoms with E-state index in [0.717, 1.165) is 20.8 Å². The zero-order valence-electron chi connectivity index (χ0n) is 20.6. The first-order valence-corrected chi connectivity index (χ1v) is 10.9. The number of ether oxygens (including phenoxy) is 5. The molecule has 5 atom stereocenters. The van der Waals surface area contributed by atoms with Crippen LogP contribution in [0.2, 0.25) is 0 Å². The highest BCUT2D eigenvalue weighted by molar-refractivity contribution is 5.86.